The van der Waals surface area contributed by atoms with Crippen molar-refractivity contribution >= 4 is 24.3 Å². The van der Waals surface area contributed by atoms with Gasteiger partial charge in [-0.15, -0.1) is 0 Å². The minimum atomic E-state index is 0.0235. The van der Waals surface area contributed by atoms with Crippen LogP contribution in [0.5, 0.6) is 34.5 Å². The quantitative estimate of drug-likeness (QED) is 0.221. The monoisotopic (exact) mass is 470 g/mol. The molecule has 0 heterocycles. The van der Waals surface area contributed by atoms with E-state index in [-0.39, 0.29) is 28.7 Å². The fourth-order valence-corrected chi connectivity index (χ4v) is 3.09. The summed E-state index contributed by atoms with van der Waals surface area (Å²) in [6, 6.07) is 23.0. The van der Waals surface area contributed by atoms with E-state index in [1.165, 1.54) is 6.07 Å². The van der Waals surface area contributed by atoms with Crippen LogP contribution in [0.2, 0.25) is 0 Å². The number of phenolic OH excluding ortho intramolecular Hbond substituents is 5. The second-order valence-corrected chi connectivity index (χ2v) is 7.60. The van der Waals surface area contributed by atoms with Crippen LogP contribution in [0.25, 0.3) is 24.3 Å². The van der Waals surface area contributed by atoms with E-state index in [0.29, 0.717) is 11.3 Å². The lowest BCUT2D eigenvalue weighted by molar-refractivity contribution is 0.407. The van der Waals surface area contributed by atoms with Crippen LogP contribution < -0.4 is 4.74 Å². The number of methoxy groups -OCH3 is 1. The molecule has 0 saturated heterocycles. The van der Waals surface area contributed by atoms with Gasteiger partial charge in [0.1, 0.15) is 34.5 Å². The van der Waals surface area contributed by atoms with Crippen molar-refractivity contribution in [3.63, 3.8) is 0 Å². The van der Waals surface area contributed by atoms with Crippen molar-refractivity contribution in [1.82, 2.24) is 0 Å². The highest BCUT2D eigenvalue weighted by molar-refractivity contribution is 5.72. The lowest BCUT2D eigenvalue weighted by Gasteiger charge is -2.02. The maximum Gasteiger partial charge on any atom is 0.123 e. The molecule has 0 aromatic heterocycles. The molecule has 6 heteroatoms. The van der Waals surface area contributed by atoms with Gasteiger partial charge < -0.3 is 30.3 Å². The molecule has 0 radical (unpaired) electrons. The molecule has 0 saturated carbocycles. The molecule has 0 fully saturated rings. The Labute approximate surface area is 203 Å². The number of hydrogen-bond donors (Lipinski definition) is 5. The van der Waals surface area contributed by atoms with Gasteiger partial charge in [-0.2, -0.15) is 0 Å². The van der Waals surface area contributed by atoms with Crippen molar-refractivity contribution < 1.29 is 30.3 Å². The Bertz CT molecular complexity index is 1290. The first-order chi connectivity index (χ1) is 16.8. The molecule has 4 rings (SSSR count). The molecule has 0 aliphatic heterocycles. The van der Waals surface area contributed by atoms with E-state index >= 15 is 0 Å². The van der Waals surface area contributed by atoms with E-state index in [2.05, 4.69) is 0 Å². The van der Waals surface area contributed by atoms with Gasteiger partial charge in [0.2, 0.25) is 0 Å². The predicted octanol–water partition coefficient (Wildman–Crippen LogP) is 6.25. The van der Waals surface area contributed by atoms with Crippen LogP contribution in [0, 0.1) is 0 Å². The van der Waals surface area contributed by atoms with Crippen LogP contribution in [0.4, 0.5) is 0 Å². The van der Waals surface area contributed by atoms with Crippen LogP contribution >= 0.6 is 0 Å². The largest absolute Gasteiger partial charge is 0.508 e. The number of ether oxygens (including phenoxy) is 1. The van der Waals surface area contributed by atoms with Gasteiger partial charge in [0.25, 0.3) is 0 Å². The fraction of sp³-hybridized carbons (Fsp3) is 0.0345. The van der Waals surface area contributed by atoms with Gasteiger partial charge in [-0.25, -0.2) is 0 Å². The molecule has 0 unspecified atom stereocenters. The van der Waals surface area contributed by atoms with Gasteiger partial charge in [-0.1, -0.05) is 48.6 Å². The summed E-state index contributed by atoms with van der Waals surface area (Å²) >= 11 is 0. The first-order valence-electron chi connectivity index (χ1n) is 10.7. The summed E-state index contributed by atoms with van der Waals surface area (Å²) in [6.07, 6.45) is 7.36. The van der Waals surface area contributed by atoms with Crippen LogP contribution in [-0.4, -0.2) is 32.6 Å². The van der Waals surface area contributed by atoms with Crippen LogP contribution in [0.15, 0.2) is 84.9 Å². The Morgan fingerprint density at radius 2 is 0.800 bits per heavy atom. The number of phenols is 5. The van der Waals surface area contributed by atoms with Crippen LogP contribution in [-0.2, 0) is 0 Å². The lowest BCUT2D eigenvalue weighted by atomic mass is 10.1. The summed E-state index contributed by atoms with van der Waals surface area (Å²) in [5.74, 6) is 1.29. The Morgan fingerprint density at radius 1 is 0.429 bits per heavy atom. The average molecular weight is 471 g/mol. The van der Waals surface area contributed by atoms with E-state index in [1.807, 2.05) is 36.4 Å². The second kappa shape index (κ2) is 11.9. The zero-order valence-corrected chi connectivity index (χ0v) is 19.0. The average Bonchev–Trinajstić information content (AvgIpc) is 2.83. The Kier molecular flexibility index (Phi) is 8.40. The van der Waals surface area contributed by atoms with E-state index in [4.69, 9.17) is 9.84 Å². The third kappa shape index (κ3) is 8.22. The second-order valence-electron chi connectivity index (χ2n) is 7.60. The topological polar surface area (TPSA) is 110 Å². The first-order valence-corrected chi connectivity index (χ1v) is 10.7. The van der Waals surface area contributed by atoms with E-state index in [0.717, 1.165) is 16.7 Å². The highest BCUT2D eigenvalue weighted by Gasteiger charge is 1.98. The normalized spacial score (nSPS) is 10.8. The Morgan fingerprint density at radius 3 is 1.23 bits per heavy atom. The number of rotatable bonds is 5. The van der Waals surface area contributed by atoms with Crippen LogP contribution in [0.3, 0.4) is 0 Å². The molecule has 0 bridgehead atoms. The number of aromatic hydroxyl groups is 5. The Balaban J connectivity index is 0.000000196. The van der Waals surface area contributed by atoms with Crippen molar-refractivity contribution in [3.8, 4) is 34.5 Å². The van der Waals surface area contributed by atoms with Crippen molar-refractivity contribution in [2.45, 2.75) is 0 Å². The summed E-state index contributed by atoms with van der Waals surface area (Å²) in [4.78, 5) is 0. The van der Waals surface area contributed by atoms with Crippen molar-refractivity contribution in [3.05, 3.63) is 107 Å². The third-order valence-corrected chi connectivity index (χ3v) is 4.80. The van der Waals surface area contributed by atoms with Gasteiger partial charge in [-0.05, 0) is 70.8 Å². The summed E-state index contributed by atoms with van der Waals surface area (Å²) in [5, 5.41) is 46.4. The van der Waals surface area contributed by atoms with Crippen molar-refractivity contribution in [2.24, 2.45) is 0 Å². The molecule has 0 atom stereocenters. The molecule has 0 spiro atoms. The maximum absolute atomic E-state index is 9.51. The fourth-order valence-electron chi connectivity index (χ4n) is 3.09. The molecule has 0 amide bonds. The molecule has 0 aliphatic rings. The molecular weight excluding hydrogens is 444 g/mol. The molecule has 4 aromatic carbocycles. The highest BCUT2D eigenvalue weighted by Crippen LogP contribution is 2.24. The smallest absolute Gasteiger partial charge is 0.123 e. The SMILES string of the molecule is COc1cc(O)cc(/C=C/c2ccc(O)cc2)c1.Oc1ccc(/C=C/c2cc(O)cc(O)c2)cc1. The maximum atomic E-state index is 9.51. The zero-order valence-electron chi connectivity index (χ0n) is 19.0. The van der Waals surface area contributed by atoms with E-state index in [9.17, 15) is 20.4 Å². The summed E-state index contributed by atoms with van der Waals surface area (Å²) in [7, 11) is 1.56. The lowest BCUT2D eigenvalue weighted by Crippen LogP contribution is -1.83. The van der Waals surface area contributed by atoms with Gasteiger partial charge in [0, 0.05) is 12.1 Å². The van der Waals surface area contributed by atoms with E-state index in [1.54, 1.807) is 73.8 Å². The number of benzene rings is 4. The molecule has 178 valence electrons. The highest BCUT2D eigenvalue weighted by atomic mass is 16.5. The molecule has 5 N–H and O–H groups in total. The molecule has 0 aliphatic carbocycles. The van der Waals surface area contributed by atoms with Crippen molar-refractivity contribution in [2.75, 3.05) is 7.11 Å². The van der Waals surface area contributed by atoms with Gasteiger partial charge >= 0.3 is 0 Å². The van der Waals surface area contributed by atoms with E-state index < -0.39 is 0 Å². The summed E-state index contributed by atoms with van der Waals surface area (Å²) < 4.78 is 5.08. The number of hydrogen-bond acceptors (Lipinski definition) is 6. The zero-order chi connectivity index (χ0) is 25.2. The predicted molar refractivity (Wildman–Crippen MR) is 138 cm³/mol. The Hall–Kier alpha value is -4.84. The van der Waals surface area contributed by atoms with Gasteiger partial charge in [0.15, 0.2) is 0 Å². The van der Waals surface area contributed by atoms with Gasteiger partial charge in [0.05, 0.1) is 7.11 Å². The third-order valence-electron chi connectivity index (χ3n) is 4.80. The van der Waals surface area contributed by atoms with Crippen LogP contribution in [0.1, 0.15) is 22.3 Å². The summed E-state index contributed by atoms with van der Waals surface area (Å²) in [6.45, 7) is 0. The molecule has 4 aromatic rings. The van der Waals surface area contributed by atoms with Crippen molar-refractivity contribution in [1.29, 1.82) is 0 Å². The molecule has 6 nitrogen and oxygen atoms in total. The summed E-state index contributed by atoms with van der Waals surface area (Å²) in [5.41, 5.74) is 3.44. The van der Waals surface area contributed by atoms with Gasteiger partial charge in [-0.3, -0.25) is 0 Å². The molecule has 35 heavy (non-hydrogen) atoms. The standard InChI is InChI=1S/C15H14O3.C14H12O3/c1-18-15-9-12(8-14(17)10-15)3-2-11-4-6-13(16)7-5-11;15-12-5-3-10(4-6-12)1-2-11-7-13(16)9-14(17)8-11/h2-10,16-17H,1H3;1-9,15-17H/b3-2+;2-1+. The molecular formula is C29H26O6. The minimum absolute atomic E-state index is 0.0235. The first kappa shape index (κ1) is 24.8. The minimum Gasteiger partial charge on any atom is -0.508 e.